The summed E-state index contributed by atoms with van der Waals surface area (Å²) < 4.78 is 0. The molecule has 1 N–H and O–H groups in total. The molecule has 10 heavy (non-hydrogen) atoms. The molecule has 1 rings (SSSR count). The first-order chi connectivity index (χ1) is 4.46. The molecule has 0 bridgehead atoms. The molecule has 1 atom stereocenters. The fourth-order valence-electron chi connectivity index (χ4n) is 1.04. The van der Waals surface area contributed by atoms with Crippen LogP contribution in [0, 0.1) is 5.41 Å². The van der Waals surface area contributed by atoms with Crippen molar-refractivity contribution in [1.29, 1.82) is 0 Å². The lowest BCUT2D eigenvalue weighted by Crippen LogP contribution is -2.47. The van der Waals surface area contributed by atoms with Crippen LogP contribution in [0.5, 0.6) is 0 Å². The number of hydrogen-bond acceptors (Lipinski definition) is 2. The van der Waals surface area contributed by atoms with E-state index in [9.17, 15) is 0 Å². The van der Waals surface area contributed by atoms with Gasteiger partial charge >= 0.3 is 0 Å². The summed E-state index contributed by atoms with van der Waals surface area (Å²) in [5.41, 5.74) is 3.51. The predicted molar refractivity (Wildman–Crippen MR) is 41.6 cm³/mol. The van der Waals surface area contributed by atoms with Crippen LogP contribution in [0.1, 0.15) is 34.1 Å². The summed E-state index contributed by atoms with van der Waals surface area (Å²) in [5, 5.41) is 0. The van der Waals surface area contributed by atoms with E-state index in [-0.39, 0.29) is 11.0 Å². The van der Waals surface area contributed by atoms with Crippen LogP contribution >= 0.6 is 0 Å². The van der Waals surface area contributed by atoms with Crippen LogP contribution in [0.4, 0.5) is 0 Å². The van der Waals surface area contributed by atoms with Crippen LogP contribution in [-0.2, 0) is 4.84 Å². The molecule has 0 amide bonds. The summed E-state index contributed by atoms with van der Waals surface area (Å²) in [6, 6.07) is 0. The molecular weight excluding hydrogens is 126 g/mol. The Morgan fingerprint density at radius 1 is 1.40 bits per heavy atom. The van der Waals surface area contributed by atoms with Crippen molar-refractivity contribution in [2.75, 3.05) is 6.61 Å². The fourth-order valence-corrected chi connectivity index (χ4v) is 1.04. The van der Waals surface area contributed by atoms with E-state index in [2.05, 4.69) is 33.2 Å². The molecule has 1 heterocycles. The topological polar surface area (TPSA) is 21.3 Å². The zero-order valence-corrected chi connectivity index (χ0v) is 7.32. The monoisotopic (exact) mass is 143 g/mol. The summed E-state index contributed by atoms with van der Waals surface area (Å²) in [5.74, 6) is 0. The lowest BCUT2D eigenvalue weighted by Gasteiger charge is -2.37. The Bertz CT molecular complexity index is 120. The molecule has 0 saturated carbocycles. The molecule has 2 heteroatoms. The van der Waals surface area contributed by atoms with Gasteiger partial charge in [-0.15, -0.1) is 0 Å². The van der Waals surface area contributed by atoms with Gasteiger partial charge in [0.2, 0.25) is 0 Å². The molecule has 2 nitrogen and oxygen atoms in total. The minimum atomic E-state index is 0.160. The van der Waals surface area contributed by atoms with Crippen LogP contribution < -0.4 is 5.48 Å². The minimum absolute atomic E-state index is 0.160. The lowest BCUT2D eigenvalue weighted by atomic mass is 9.74. The molecule has 1 fully saturated rings. The van der Waals surface area contributed by atoms with Gasteiger partial charge in [-0.1, -0.05) is 20.8 Å². The highest BCUT2D eigenvalue weighted by atomic mass is 16.7. The van der Waals surface area contributed by atoms with Gasteiger partial charge < -0.3 is 4.84 Å². The average Bonchev–Trinajstić information content (AvgIpc) is 2.13. The fraction of sp³-hybridized carbons (Fsp3) is 1.00. The smallest absolute Gasteiger partial charge is 0.0700 e. The maximum atomic E-state index is 5.14. The van der Waals surface area contributed by atoms with Crippen molar-refractivity contribution < 1.29 is 4.84 Å². The highest BCUT2D eigenvalue weighted by molar-refractivity contribution is 4.93. The van der Waals surface area contributed by atoms with Gasteiger partial charge in [-0.25, -0.2) is 0 Å². The minimum Gasteiger partial charge on any atom is -0.301 e. The predicted octanol–water partition coefficient (Wildman–Crippen LogP) is 1.72. The van der Waals surface area contributed by atoms with Gasteiger partial charge in [0.25, 0.3) is 0 Å². The maximum Gasteiger partial charge on any atom is 0.0700 e. The van der Waals surface area contributed by atoms with Crippen molar-refractivity contribution in [3.05, 3.63) is 0 Å². The summed E-state index contributed by atoms with van der Waals surface area (Å²) in [4.78, 5) is 5.14. The van der Waals surface area contributed by atoms with E-state index < -0.39 is 0 Å². The third kappa shape index (κ3) is 1.18. The van der Waals surface area contributed by atoms with Gasteiger partial charge in [0, 0.05) is 5.54 Å². The van der Waals surface area contributed by atoms with Gasteiger partial charge in [0.15, 0.2) is 0 Å². The van der Waals surface area contributed by atoms with Crippen LogP contribution in [0.15, 0.2) is 0 Å². The Morgan fingerprint density at radius 3 is 2.20 bits per heavy atom. The van der Waals surface area contributed by atoms with Crippen molar-refractivity contribution >= 4 is 0 Å². The van der Waals surface area contributed by atoms with Crippen LogP contribution in [0.2, 0.25) is 0 Å². The molecule has 1 saturated heterocycles. The highest BCUT2D eigenvalue weighted by Gasteiger charge is 2.40. The standard InChI is InChI=1S/C8H17NO/c1-7(2,3)8(4)5-6-10-9-8/h9H,5-6H2,1-4H3. The zero-order chi connectivity index (χ0) is 7.83. The zero-order valence-electron chi connectivity index (χ0n) is 7.32. The Kier molecular flexibility index (Phi) is 1.77. The number of nitrogens with one attached hydrogen (secondary N) is 1. The lowest BCUT2D eigenvalue weighted by molar-refractivity contribution is 0.0271. The normalized spacial score (nSPS) is 34.8. The van der Waals surface area contributed by atoms with E-state index in [4.69, 9.17) is 4.84 Å². The van der Waals surface area contributed by atoms with Crippen LogP contribution in [0.3, 0.4) is 0 Å². The van der Waals surface area contributed by atoms with Crippen LogP contribution in [-0.4, -0.2) is 12.1 Å². The van der Waals surface area contributed by atoms with Gasteiger partial charge in [-0.2, -0.15) is 5.48 Å². The second kappa shape index (κ2) is 2.21. The Balaban J connectivity index is 2.67. The summed E-state index contributed by atoms with van der Waals surface area (Å²) in [6.07, 6.45) is 1.11. The number of rotatable bonds is 0. The molecule has 0 radical (unpaired) electrons. The Labute approximate surface area is 62.9 Å². The molecule has 1 aliphatic heterocycles. The summed E-state index contributed by atoms with van der Waals surface area (Å²) >= 11 is 0. The largest absolute Gasteiger partial charge is 0.301 e. The van der Waals surface area contributed by atoms with Crippen LogP contribution in [0.25, 0.3) is 0 Å². The highest BCUT2D eigenvalue weighted by Crippen LogP contribution is 2.35. The van der Waals surface area contributed by atoms with Gasteiger partial charge in [-0.05, 0) is 18.8 Å². The number of hydrogen-bond donors (Lipinski definition) is 1. The quantitative estimate of drug-likeness (QED) is 0.557. The molecular formula is C8H17NO. The second-order valence-electron chi connectivity index (χ2n) is 4.28. The summed E-state index contributed by atoms with van der Waals surface area (Å²) in [6.45, 7) is 9.74. The van der Waals surface area contributed by atoms with E-state index in [1.807, 2.05) is 0 Å². The van der Waals surface area contributed by atoms with E-state index in [0.29, 0.717) is 0 Å². The first-order valence-electron chi connectivity index (χ1n) is 3.85. The maximum absolute atomic E-state index is 5.14. The first-order valence-corrected chi connectivity index (χ1v) is 3.85. The third-order valence-corrected chi connectivity index (χ3v) is 2.66. The molecule has 1 aliphatic rings. The van der Waals surface area contributed by atoms with Crippen molar-refractivity contribution in [1.82, 2.24) is 5.48 Å². The average molecular weight is 143 g/mol. The SMILES string of the molecule is CC(C)(C)C1(C)CCON1. The van der Waals surface area contributed by atoms with E-state index in [0.717, 1.165) is 13.0 Å². The van der Waals surface area contributed by atoms with Crippen molar-refractivity contribution in [2.24, 2.45) is 5.41 Å². The first kappa shape index (κ1) is 8.02. The Morgan fingerprint density at radius 2 is 2.00 bits per heavy atom. The second-order valence-corrected chi connectivity index (χ2v) is 4.28. The Hall–Kier alpha value is -0.0800. The van der Waals surface area contributed by atoms with Crippen molar-refractivity contribution in [3.63, 3.8) is 0 Å². The molecule has 1 unspecified atom stereocenters. The van der Waals surface area contributed by atoms with Crippen molar-refractivity contribution in [2.45, 2.75) is 39.7 Å². The van der Waals surface area contributed by atoms with E-state index in [1.165, 1.54) is 0 Å². The van der Waals surface area contributed by atoms with E-state index >= 15 is 0 Å². The van der Waals surface area contributed by atoms with Gasteiger partial charge in [0.1, 0.15) is 0 Å². The number of hydroxylamine groups is 1. The molecule has 0 aromatic rings. The van der Waals surface area contributed by atoms with E-state index in [1.54, 1.807) is 0 Å². The molecule has 0 aromatic heterocycles. The van der Waals surface area contributed by atoms with Crippen molar-refractivity contribution in [3.8, 4) is 0 Å². The summed E-state index contributed by atoms with van der Waals surface area (Å²) in [7, 11) is 0. The molecule has 60 valence electrons. The molecule has 0 aliphatic carbocycles. The van der Waals surface area contributed by atoms with Gasteiger partial charge in [-0.3, -0.25) is 0 Å². The third-order valence-electron chi connectivity index (χ3n) is 2.66. The molecule has 0 aromatic carbocycles. The van der Waals surface area contributed by atoms with Gasteiger partial charge in [0.05, 0.1) is 6.61 Å². The molecule has 0 spiro atoms.